The van der Waals surface area contributed by atoms with E-state index in [1.54, 1.807) is 13.0 Å². The Morgan fingerprint density at radius 2 is 2.16 bits per heavy atom. The molecule has 0 aliphatic rings. The lowest BCUT2D eigenvalue weighted by molar-refractivity contribution is 0.0526. The van der Waals surface area contributed by atoms with Crippen LogP contribution >= 0.6 is 0 Å². The molecule has 4 nitrogen and oxygen atoms in total. The van der Waals surface area contributed by atoms with Crippen LogP contribution in [-0.4, -0.2) is 22.5 Å². The molecule has 0 radical (unpaired) electrons. The molecule has 96 valence electrons. The Hall–Kier alpha value is -2.36. The van der Waals surface area contributed by atoms with E-state index in [1.165, 1.54) is 0 Å². The fourth-order valence-electron chi connectivity index (χ4n) is 2.23. The highest BCUT2D eigenvalue weighted by Crippen LogP contribution is 2.25. The number of aromatic nitrogens is 2. The van der Waals surface area contributed by atoms with Crippen LogP contribution in [0.15, 0.2) is 30.5 Å². The highest BCUT2D eigenvalue weighted by Gasteiger charge is 2.10. The number of hydrogen-bond acceptors (Lipinski definition) is 3. The minimum Gasteiger partial charge on any atom is -0.462 e. The fourth-order valence-corrected chi connectivity index (χ4v) is 2.23. The smallest absolute Gasteiger partial charge is 0.338 e. The second-order valence-corrected chi connectivity index (χ2v) is 4.51. The summed E-state index contributed by atoms with van der Waals surface area (Å²) in [4.78, 5) is 19.3. The number of H-pyrrole nitrogens is 1. The standard InChI is InChI=1S/C15H14N2O2/c1-3-19-15(18)10-4-5-11-12-6-9(2)8-16-14(12)17-13(11)7-10/h4-8H,3H2,1-2H3,(H,16,17). The normalized spacial score (nSPS) is 11.1. The van der Waals surface area contributed by atoms with Crippen LogP contribution in [0.3, 0.4) is 0 Å². The Balaban J connectivity index is 2.19. The number of pyridine rings is 1. The molecular formula is C15H14N2O2. The van der Waals surface area contributed by atoms with E-state index in [-0.39, 0.29) is 5.97 Å². The molecule has 0 saturated carbocycles. The Labute approximate surface area is 110 Å². The molecule has 0 atom stereocenters. The average Bonchev–Trinajstić information content (AvgIpc) is 2.76. The number of nitrogens with zero attached hydrogens (tertiary/aromatic N) is 1. The van der Waals surface area contributed by atoms with E-state index in [0.29, 0.717) is 12.2 Å². The van der Waals surface area contributed by atoms with Gasteiger partial charge < -0.3 is 9.72 Å². The van der Waals surface area contributed by atoms with E-state index in [1.807, 2.05) is 25.3 Å². The number of rotatable bonds is 2. The van der Waals surface area contributed by atoms with Crippen molar-refractivity contribution in [1.29, 1.82) is 0 Å². The molecule has 2 heterocycles. The molecule has 0 bridgehead atoms. The number of benzene rings is 1. The topological polar surface area (TPSA) is 55.0 Å². The third kappa shape index (κ3) is 1.95. The summed E-state index contributed by atoms with van der Waals surface area (Å²) in [6, 6.07) is 7.62. The number of aryl methyl sites for hydroxylation is 1. The molecule has 3 aromatic rings. The summed E-state index contributed by atoms with van der Waals surface area (Å²) in [6.45, 7) is 4.19. The zero-order valence-corrected chi connectivity index (χ0v) is 10.9. The van der Waals surface area contributed by atoms with E-state index in [4.69, 9.17) is 4.74 Å². The summed E-state index contributed by atoms with van der Waals surface area (Å²) in [5, 5.41) is 2.14. The highest BCUT2D eigenvalue weighted by molar-refractivity contribution is 6.07. The summed E-state index contributed by atoms with van der Waals surface area (Å²) in [5.74, 6) is -0.299. The molecule has 0 unspecified atom stereocenters. The van der Waals surface area contributed by atoms with Gasteiger partial charge in [0.25, 0.3) is 0 Å². The second kappa shape index (κ2) is 4.39. The first kappa shape index (κ1) is 11.7. The van der Waals surface area contributed by atoms with Crippen LogP contribution in [-0.2, 0) is 4.74 Å². The van der Waals surface area contributed by atoms with Gasteiger partial charge in [0.15, 0.2) is 0 Å². The zero-order chi connectivity index (χ0) is 13.4. The summed E-state index contributed by atoms with van der Waals surface area (Å²) < 4.78 is 5.00. The van der Waals surface area contributed by atoms with Crippen molar-refractivity contribution in [3.63, 3.8) is 0 Å². The molecule has 0 spiro atoms. The van der Waals surface area contributed by atoms with Crippen LogP contribution in [0, 0.1) is 6.92 Å². The van der Waals surface area contributed by atoms with Crippen molar-refractivity contribution in [1.82, 2.24) is 9.97 Å². The fraction of sp³-hybridized carbons (Fsp3) is 0.200. The van der Waals surface area contributed by atoms with Gasteiger partial charge in [-0.2, -0.15) is 0 Å². The van der Waals surface area contributed by atoms with E-state index >= 15 is 0 Å². The lowest BCUT2D eigenvalue weighted by Gasteiger charge is -2.01. The van der Waals surface area contributed by atoms with E-state index in [9.17, 15) is 4.79 Å². The van der Waals surface area contributed by atoms with Crippen LogP contribution in [0.4, 0.5) is 0 Å². The van der Waals surface area contributed by atoms with Crippen molar-refractivity contribution in [2.75, 3.05) is 6.61 Å². The molecule has 1 N–H and O–H groups in total. The first-order chi connectivity index (χ1) is 9.19. The second-order valence-electron chi connectivity index (χ2n) is 4.51. The molecule has 2 aromatic heterocycles. The van der Waals surface area contributed by atoms with Crippen LogP contribution in [0.2, 0.25) is 0 Å². The quantitative estimate of drug-likeness (QED) is 0.714. The minimum atomic E-state index is -0.299. The van der Waals surface area contributed by atoms with Crippen molar-refractivity contribution in [2.45, 2.75) is 13.8 Å². The van der Waals surface area contributed by atoms with Crippen molar-refractivity contribution in [3.05, 3.63) is 41.6 Å². The van der Waals surface area contributed by atoms with Gasteiger partial charge in [0, 0.05) is 22.5 Å². The van der Waals surface area contributed by atoms with Crippen LogP contribution in [0.5, 0.6) is 0 Å². The summed E-state index contributed by atoms with van der Waals surface area (Å²) in [7, 11) is 0. The molecular weight excluding hydrogens is 240 g/mol. The number of carbonyl (C=O) groups excluding carboxylic acids is 1. The van der Waals surface area contributed by atoms with Gasteiger partial charge in [0.2, 0.25) is 0 Å². The molecule has 0 fully saturated rings. The largest absolute Gasteiger partial charge is 0.462 e. The monoisotopic (exact) mass is 254 g/mol. The number of esters is 1. The molecule has 4 heteroatoms. The molecule has 0 amide bonds. The van der Waals surface area contributed by atoms with E-state index in [0.717, 1.165) is 27.5 Å². The van der Waals surface area contributed by atoms with Gasteiger partial charge in [-0.15, -0.1) is 0 Å². The number of nitrogens with one attached hydrogen (secondary N) is 1. The molecule has 3 rings (SSSR count). The molecule has 0 aliphatic heterocycles. The van der Waals surface area contributed by atoms with Gasteiger partial charge in [-0.1, -0.05) is 6.07 Å². The minimum absolute atomic E-state index is 0.299. The van der Waals surface area contributed by atoms with Gasteiger partial charge in [-0.25, -0.2) is 9.78 Å². The predicted octanol–water partition coefficient (Wildman–Crippen LogP) is 3.20. The predicted molar refractivity (Wildman–Crippen MR) is 74.3 cm³/mol. The maximum absolute atomic E-state index is 11.7. The van der Waals surface area contributed by atoms with Gasteiger partial charge in [0.05, 0.1) is 12.2 Å². The van der Waals surface area contributed by atoms with E-state index < -0.39 is 0 Å². The van der Waals surface area contributed by atoms with Gasteiger partial charge >= 0.3 is 5.97 Å². The van der Waals surface area contributed by atoms with Crippen molar-refractivity contribution < 1.29 is 9.53 Å². The van der Waals surface area contributed by atoms with Crippen molar-refractivity contribution in [3.8, 4) is 0 Å². The third-order valence-corrected chi connectivity index (χ3v) is 3.10. The number of ether oxygens (including phenoxy) is 1. The first-order valence-corrected chi connectivity index (χ1v) is 6.24. The summed E-state index contributed by atoms with van der Waals surface area (Å²) >= 11 is 0. The maximum atomic E-state index is 11.7. The Morgan fingerprint density at radius 1 is 1.32 bits per heavy atom. The Bertz CT molecular complexity index is 774. The average molecular weight is 254 g/mol. The third-order valence-electron chi connectivity index (χ3n) is 3.10. The number of aromatic amines is 1. The lowest BCUT2D eigenvalue weighted by atomic mass is 10.1. The SMILES string of the molecule is CCOC(=O)c1ccc2c(c1)[nH]c1ncc(C)cc12. The number of hydrogen-bond donors (Lipinski definition) is 1. The van der Waals surface area contributed by atoms with Gasteiger partial charge in [-0.3, -0.25) is 0 Å². The lowest BCUT2D eigenvalue weighted by Crippen LogP contribution is -2.03. The van der Waals surface area contributed by atoms with Crippen molar-refractivity contribution >= 4 is 27.9 Å². The number of carbonyl (C=O) groups is 1. The molecule has 19 heavy (non-hydrogen) atoms. The van der Waals surface area contributed by atoms with Gasteiger partial charge in [0.1, 0.15) is 5.65 Å². The first-order valence-electron chi connectivity index (χ1n) is 6.24. The molecule has 1 aromatic carbocycles. The Kier molecular flexibility index (Phi) is 2.71. The van der Waals surface area contributed by atoms with E-state index in [2.05, 4.69) is 16.0 Å². The van der Waals surface area contributed by atoms with Crippen LogP contribution in [0.25, 0.3) is 21.9 Å². The summed E-state index contributed by atoms with van der Waals surface area (Å²) in [6.07, 6.45) is 1.82. The molecule has 0 saturated heterocycles. The number of fused-ring (bicyclic) bond motifs is 3. The summed E-state index contributed by atoms with van der Waals surface area (Å²) in [5.41, 5.74) is 3.40. The highest BCUT2D eigenvalue weighted by atomic mass is 16.5. The van der Waals surface area contributed by atoms with Crippen molar-refractivity contribution in [2.24, 2.45) is 0 Å². The van der Waals surface area contributed by atoms with Gasteiger partial charge in [-0.05, 0) is 37.6 Å². The maximum Gasteiger partial charge on any atom is 0.338 e. The zero-order valence-electron chi connectivity index (χ0n) is 10.9. The molecule has 0 aliphatic carbocycles. The van der Waals surface area contributed by atoms with Crippen LogP contribution in [0.1, 0.15) is 22.8 Å². The van der Waals surface area contributed by atoms with Crippen LogP contribution < -0.4 is 0 Å². The Morgan fingerprint density at radius 3 is 2.95 bits per heavy atom.